The lowest BCUT2D eigenvalue weighted by Gasteiger charge is -2.20. The molecular formula is C12H16O4S. The molecule has 0 saturated carbocycles. The lowest BCUT2D eigenvalue weighted by atomic mass is 10.0. The van der Waals surface area contributed by atoms with Gasteiger partial charge >= 0.3 is 0 Å². The van der Waals surface area contributed by atoms with E-state index in [0.29, 0.717) is 23.3 Å². The summed E-state index contributed by atoms with van der Waals surface area (Å²) in [7, 11) is -3.15. The van der Waals surface area contributed by atoms with Crippen molar-refractivity contribution < 1.29 is 18.6 Å². The molecule has 4 nitrogen and oxygen atoms in total. The van der Waals surface area contributed by atoms with Crippen LogP contribution in [0, 0.1) is 0 Å². The third-order valence-electron chi connectivity index (χ3n) is 3.08. The van der Waals surface area contributed by atoms with E-state index in [9.17, 15) is 18.6 Å². The van der Waals surface area contributed by atoms with Crippen LogP contribution in [0.5, 0.6) is 0 Å². The van der Waals surface area contributed by atoms with E-state index < -0.39 is 22.0 Å². The summed E-state index contributed by atoms with van der Waals surface area (Å²) < 4.78 is 23.6. The molecule has 0 amide bonds. The van der Waals surface area contributed by atoms with Gasteiger partial charge in [-0.05, 0) is 37.0 Å². The molecule has 17 heavy (non-hydrogen) atoms. The Labute approximate surface area is 101 Å². The highest BCUT2D eigenvalue weighted by atomic mass is 32.2. The number of aliphatic hydroxyl groups is 2. The number of sulfone groups is 1. The molecule has 0 aromatic heterocycles. The van der Waals surface area contributed by atoms with E-state index in [0.717, 1.165) is 5.56 Å². The number of benzene rings is 1. The van der Waals surface area contributed by atoms with Crippen LogP contribution in [-0.4, -0.2) is 30.5 Å². The van der Waals surface area contributed by atoms with E-state index in [2.05, 4.69) is 0 Å². The minimum absolute atomic E-state index is 0.193. The molecule has 5 heteroatoms. The summed E-state index contributed by atoms with van der Waals surface area (Å²) in [6.45, 7) is 1.50. The number of aryl methyl sites for hydroxylation is 1. The van der Waals surface area contributed by atoms with Crippen LogP contribution in [0.2, 0.25) is 0 Å². The van der Waals surface area contributed by atoms with Gasteiger partial charge in [-0.2, -0.15) is 0 Å². The molecule has 0 saturated heterocycles. The van der Waals surface area contributed by atoms with E-state index in [4.69, 9.17) is 0 Å². The van der Waals surface area contributed by atoms with Crippen LogP contribution in [-0.2, 0) is 16.3 Å². The zero-order valence-corrected chi connectivity index (χ0v) is 10.4. The monoisotopic (exact) mass is 256 g/mol. The lowest BCUT2D eigenvalue weighted by Crippen LogP contribution is -2.18. The topological polar surface area (TPSA) is 74.6 Å². The number of aliphatic hydroxyl groups excluding tert-OH is 2. The van der Waals surface area contributed by atoms with Crippen LogP contribution < -0.4 is 0 Å². The van der Waals surface area contributed by atoms with Crippen molar-refractivity contribution >= 4 is 9.84 Å². The number of rotatable bonds is 2. The Morgan fingerprint density at radius 3 is 2.65 bits per heavy atom. The second-order valence-corrected chi connectivity index (χ2v) is 6.55. The van der Waals surface area contributed by atoms with Crippen molar-refractivity contribution in [3.05, 3.63) is 29.3 Å². The highest BCUT2D eigenvalue weighted by molar-refractivity contribution is 7.91. The summed E-state index contributed by atoms with van der Waals surface area (Å²) in [6, 6.07) is 4.78. The maximum atomic E-state index is 11.8. The zero-order chi connectivity index (χ0) is 12.6. The maximum Gasteiger partial charge on any atom is 0.178 e. The molecule has 0 fully saturated rings. The van der Waals surface area contributed by atoms with E-state index in [1.165, 1.54) is 13.0 Å². The third-order valence-corrected chi connectivity index (χ3v) is 4.97. The molecule has 1 aromatic rings. The zero-order valence-electron chi connectivity index (χ0n) is 9.63. The molecule has 1 aromatic carbocycles. The summed E-state index contributed by atoms with van der Waals surface area (Å²) in [6.07, 6.45) is -0.517. The molecule has 94 valence electrons. The van der Waals surface area contributed by atoms with Crippen molar-refractivity contribution in [3.63, 3.8) is 0 Å². The molecule has 1 aliphatic rings. The van der Waals surface area contributed by atoms with Crippen LogP contribution in [0.4, 0.5) is 0 Å². The van der Waals surface area contributed by atoms with Gasteiger partial charge in [-0.1, -0.05) is 12.1 Å². The van der Waals surface area contributed by atoms with E-state index in [1.54, 1.807) is 12.1 Å². The summed E-state index contributed by atoms with van der Waals surface area (Å²) in [5, 5.41) is 19.0. The Morgan fingerprint density at radius 2 is 2.00 bits per heavy atom. The molecule has 0 spiro atoms. The lowest BCUT2D eigenvalue weighted by molar-refractivity contribution is 0.0304. The quantitative estimate of drug-likeness (QED) is 0.821. The Bertz CT molecular complexity index is 519. The van der Waals surface area contributed by atoms with Gasteiger partial charge in [-0.25, -0.2) is 8.42 Å². The molecule has 2 atom stereocenters. The van der Waals surface area contributed by atoms with Crippen molar-refractivity contribution in [2.24, 2.45) is 0 Å². The highest BCUT2D eigenvalue weighted by Crippen LogP contribution is 2.28. The average Bonchev–Trinajstić information content (AvgIpc) is 2.27. The van der Waals surface area contributed by atoms with Crippen molar-refractivity contribution in [1.29, 1.82) is 0 Å². The van der Waals surface area contributed by atoms with Gasteiger partial charge in [0.15, 0.2) is 9.84 Å². The van der Waals surface area contributed by atoms with Gasteiger partial charge in [0.25, 0.3) is 0 Å². The van der Waals surface area contributed by atoms with Gasteiger partial charge in [0.1, 0.15) is 6.10 Å². The fraction of sp³-hybridized carbons (Fsp3) is 0.500. The van der Waals surface area contributed by atoms with Crippen LogP contribution in [0.25, 0.3) is 0 Å². The Morgan fingerprint density at radius 1 is 1.29 bits per heavy atom. The molecule has 1 heterocycles. The maximum absolute atomic E-state index is 11.8. The SMILES string of the molecule is CC(O)C(O)c1ccc2c(c1)CCCS2(=O)=O. The van der Waals surface area contributed by atoms with Gasteiger partial charge in [0.2, 0.25) is 0 Å². The summed E-state index contributed by atoms with van der Waals surface area (Å²) in [5.74, 6) is 0.193. The Hall–Kier alpha value is -0.910. The minimum Gasteiger partial charge on any atom is -0.390 e. The molecule has 0 radical (unpaired) electrons. The summed E-state index contributed by atoms with van der Waals surface area (Å²) >= 11 is 0. The average molecular weight is 256 g/mol. The fourth-order valence-electron chi connectivity index (χ4n) is 2.12. The van der Waals surface area contributed by atoms with E-state index in [1.807, 2.05) is 0 Å². The molecular weight excluding hydrogens is 240 g/mol. The first-order valence-corrected chi connectivity index (χ1v) is 7.29. The third kappa shape index (κ3) is 2.36. The molecule has 2 rings (SSSR count). The normalized spacial score (nSPS) is 21.6. The number of hydrogen-bond donors (Lipinski definition) is 2. The van der Waals surface area contributed by atoms with Gasteiger partial charge in [0, 0.05) is 0 Å². The smallest absolute Gasteiger partial charge is 0.178 e. The predicted molar refractivity (Wildman–Crippen MR) is 63.5 cm³/mol. The highest BCUT2D eigenvalue weighted by Gasteiger charge is 2.24. The first-order valence-electron chi connectivity index (χ1n) is 5.63. The van der Waals surface area contributed by atoms with Crippen molar-refractivity contribution in [1.82, 2.24) is 0 Å². The van der Waals surface area contributed by atoms with Gasteiger partial charge in [-0.15, -0.1) is 0 Å². The van der Waals surface area contributed by atoms with Crippen molar-refractivity contribution in [2.75, 3.05) is 5.75 Å². The number of hydrogen-bond acceptors (Lipinski definition) is 4. The summed E-state index contributed by atoms with van der Waals surface area (Å²) in [5.41, 5.74) is 1.31. The molecule has 2 N–H and O–H groups in total. The Kier molecular flexibility index (Phi) is 3.25. The fourth-order valence-corrected chi connectivity index (χ4v) is 3.70. The molecule has 1 aliphatic heterocycles. The van der Waals surface area contributed by atoms with Crippen LogP contribution >= 0.6 is 0 Å². The second-order valence-electron chi connectivity index (χ2n) is 4.48. The van der Waals surface area contributed by atoms with E-state index >= 15 is 0 Å². The van der Waals surface area contributed by atoms with Gasteiger partial charge < -0.3 is 10.2 Å². The van der Waals surface area contributed by atoms with Gasteiger partial charge in [0.05, 0.1) is 16.8 Å². The van der Waals surface area contributed by atoms with Crippen LogP contribution in [0.1, 0.15) is 30.6 Å². The van der Waals surface area contributed by atoms with E-state index in [-0.39, 0.29) is 5.75 Å². The molecule has 0 aliphatic carbocycles. The van der Waals surface area contributed by atoms with Gasteiger partial charge in [-0.3, -0.25) is 0 Å². The first kappa shape index (κ1) is 12.5. The second kappa shape index (κ2) is 4.40. The summed E-state index contributed by atoms with van der Waals surface area (Å²) in [4.78, 5) is 0.366. The minimum atomic E-state index is -3.15. The largest absolute Gasteiger partial charge is 0.390 e. The molecule has 0 bridgehead atoms. The Balaban J connectivity index is 2.45. The first-order chi connectivity index (χ1) is 7.92. The van der Waals surface area contributed by atoms with Crippen LogP contribution in [0.15, 0.2) is 23.1 Å². The molecule has 2 unspecified atom stereocenters. The van der Waals surface area contributed by atoms with Crippen molar-refractivity contribution in [3.8, 4) is 0 Å². The predicted octanol–water partition coefficient (Wildman–Crippen LogP) is 0.821. The van der Waals surface area contributed by atoms with Crippen molar-refractivity contribution in [2.45, 2.75) is 36.9 Å². The number of fused-ring (bicyclic) bond motifs is 1. The van der Waals surface area contributed by atoms with Crippen LogP contribution in [0.3, 0.4) is 0 Å². The standard InChI is InChI=1S/C12H16O4S/c1-8(13)12(14)10-4-5-11-9(7-10)3-2-6-17(11,15)16/h4-5,7-8,12-14H,2-3,6H2,1H3.